The van der Waals surface area contributed by atoms with Gasteiger partial charge >= 0.3 is 0 Å². The van der Waals surface area contributed by atoms with Crippen LogP contribution in [0.2, 0.25) is 5.02 Å². The van der Waals surface area contributed by atoms with Crippen LogP contribution < -0.4 is 9.64 Å². The van der Waals surface area contributed by atoms with E-state index < -0.39 is 5.41 Å². The van der Waals surface area contributed by atoms with E-state index in [1.165, 1.54) is 4.90 Å². The molecule has 34 heavy (non-hydrogen) atoms. The monoisotopic (exact) mass is 481 g/mol. The number of hydrogen-bond acceptors (Lipinski definition) is 5. The number of anilines is 1. The molecule has 2 aliphatic heterocycles. The van der Waals surface area contributed by atoms with Crippen molar-refractivity contribution >= 4 is 35.0 Å². The summed E-state index contributed by atoms with van der Waals surface area (Å²) in [6.45, 7) is 2.53. The fourth-order valence-corrected chi connectivity index (χ4v) is 5.20. The van der Waals surface area contributed by atoms with Crippen molar-refractivity contribution in [2.45, 2.75) is 37.1 Å². The molecule has 178 valence electrons. The number of methoxy groups -OCH3 is 1. The molecule has 1 aliphatic carbocycles. The van der Waals surface area contributed by atoms with Gasteiger partial charge in [-0.2, -0.15) is 0 Å². The molecule has 0 spiro atoms. The average molecular weight is 482 g/mol. The number of likely N-dealkylation sites (tertiary alicyclic amines) is 1. The van der Waals surface area contributed by atoms with Crippen LogP contribution in [-0.4, -0.2) is 66.9 Å². The molecule has 2 aromatic rings. The van der Waals surface area contributed by atoms with Crippen molar-refractivity contribution in [3.05, 3.63) is 59.1 Å². The minimum absolute atomic E-state index is 0.00589. The lowest BCUT2D eigenvalue weighted by Gasteiger charge is -2.37. The van der Waals surface area contributed by atoms with E-state index in [-0.39, 0.29) is 36.6 Å². The van der Waals surface area contributed by atoms with E-state index in [9.17, 15) is 14.4 Å². The maximum atomic E-state index is 13.6. The number of halogens is 1. The molecule has 1 saturated carbocycles. The summed E-state index contributed by atoms with van der Waals surface area (Å²) in [5.41, 5.74) is 0.613. The molecular formula is C26H28ClN3O4. The first-order valence-electron chi connectivity index (χ1n) is 11.7. The Morgan fingerprint density at radius 2 is 1.65 bits per heavy atom. The Hall–Kier alpha value is -3.06. The van der Waals surface area contributed by atoms with Crippen LogP contribution in [0.4, 0.5) is 5.69 Å². The summed E-state index contributed by atoms with van der Waals surface area (Å²) in [4.78, 5) is 45.5. The molecule has 8 heteroatoms. The van der Waals surface area contributed by atoms with Crippen LogP contribution in [0.15, 0.2) is 48.5 Å². The number of imide groups is 1. The van der Waals surface area contributed by atoms with Crippen molar-refractivity contribution in [1.29, 1.82) is 0 Å². The van der Waals surface area contributed by atoms with Gasteiger partial charge in [-0.25, -0.2) is 0 Å². The van der Waals surface area contributed by atoms with Crippen molar-refractivity contribution in [2.75, 3.05) is 38.2 Å². The molecular weight excluding hydrogens is 454 g/mol. The van der Waals surface area contributed by atoms with E-state index in [0.29, 0.717) is 42.5 Å². The number of carbonyl (C=O) groups excluding carboxylic acids is 3. The molecule has 5 rings (SSSR count). The lowest BCUT2D eigenvalue weighted by Crippen LogP contribution is -2.51. The zero-order chi connectivity index (χ0) is 23.9. The zero-order valence-electron chi connectivity index (χ0n) is 19.2. The summed E-state index contributed by atoms with van der Waals surface area (Å²) >= 11 is 6.00. The van der Waals surface area contributed by atoms with E-state index in [1.807, 2.05) is 41.3 Å². The second-order valence-electron chi connectivity index (χ2n) is 9.31. The van der Waals surface area contributed by atoms with Crippen LogP contribution in [0.25, 0.3) is 0 Å². The number of hydrogen-bond donors (Lipinski definition) is 0. The first-order chi connectivity index (χ1) is 16.4. The van der Waals surface area contributed by atoms with E-state index in [0.717, 1.165) is 18.5 Å². The predicted molar refractivity (Wildman–Crippen MR) is 129 cm³/mol. The van der Waals surface area contributed by atoms with Crippen LogP contribution in [0, 0.1) is 0 Å². The lowest BCUT2D eigenvalue weighted by molar-refractivity contribution is -0.143. The number of piperazine rings is 1. The summed E-state index contributed by atoms with van der Waals surface area (Å²) in [5.74, 6) is 0.159. The van der Waals surface area contributed by atoms with Gasteiger partial charge < -0.3 is 14.5 Å². The molecule has 0 N–H and O–H groups in total. The first kappa shape index (κ1) is 22.7. The third-order valence-corrected chi connectivity index (χ3v) is 7.43. The summed E-state index contributed by atoms with van der Waals surface area (Å²) in [6.07, 6.45) is 1.72. The number of nitrogens with zero attached hydrogens (tertiary/aromatic N) is 3. The number of carbonyl (C=O) groups is 3. The third kappa shape index (κ3) is 4.13. The Labute approximate surface area is 204 Å². The molecule has 3 aliphatic rings. The molecule has 0 bridgehead atoms. The van der Waals surface area contributed by atoms with Gasteiger partial charge in [0.25, 0.3) is 0 Å². The summed E-state index contributed by atoms with van der Waals surface area (Å²) < 4.78 is 5.26. The quantitative estimate of drug-likeness (QED) is 0.592. The molecule has 7 nitrogen and oxygen atoms in total. The van der Waals surface area contributed by atoms with Crippen molar-refractivity contribution in [2.24, 2.45) is 0 Å². The molecule has 0 unspecified atom stereocenters. The molecule has 2 aromatic carbocycles. The van der Waals surface area contributed by atoms with Crippen molar-refractivity contribution in [3.8, 4) is 5.75 Å². The second kappa shape index (κ2) is 8.95. The van der Waals surface area contributed by atoms with Crippen LogP contribution in [0.3, 0.4) is 0 Å². The Bertz CT molecular complexity index is 1090. The molecule has 0 aromatic heterocycles. The van der Waals surface area contributed by atoms with E-state index in [2.05, 4.69) is 4.90 Å². The Morgan fingerprint density at radius 1 is 1.00 bits per heavy atom. The van der Waals surface area contributed by atoms with Gasteiger partial charge in [-0.05, 0) is 54.8 Å². The van der Waals surface area contributed by atoms with Gasteiger partial charge in [-0.15, -0.1) is 0 Å². The van der Waals surface area contributed by atoms with Crippen molar-refractivity contribution in [1.82, 2.24) is 9.80 Å². The van der Waals surface area contributed by atoms with Gasteiger partial charge in [0.1, 0.15) is 5.75 Å². The smallest absolute Gasteiger partial charge is 0.241 e. The van der Waals surface area contributed by atoms with Crippen molar-refractivity contribution in [3.63, 3.8) is 0 Å². The molecule has 2 heterocycles. The lowest BCUT2D eigenvalue weighted by atomic mass is 9.75. The SMILES string of the molecule is COc1ccc([C@@]2(CC(=O)N3CCN(c4ccc(Cl)cc4)CC3)CC(=O)N(C3CC3)C2=O)cc1. The van der Waals surface area contributed by atoms with E-state index in [1.54, 1.807) is 19.2 Å². The zero-order valence-corrected chi connectivity index (χ0v) is 20.0. The van der Waals surface area contributed by atoms with Gasteiger partial charge in [-0.3, -0.25) is 19.3 Å². The highest BCUT2D eigenvalue weighted by Gasteiger charge is 2.57. The summed E-state index contributed by atoms with van der Waals surface area (Å²) in [7, 11) is 1.58. The minimum atomic E-state index is -1.16. The Kier molecular flexibility index (Phi) is 5.98. The molecule has 3 amide bonds. The molecule has 2 saturated heterocycles. The summed E-state index contributed by atoms with van der Waals surface area (Å²) in [5, 5.41) is 0.692. The number of rotatable bonds is 6. The largest absolute Gasteiger partial charge is 0.497 e. The Balaban J connectivity index is 1.34. The highest BCUT2D eigenvalue weighted by molar-refractivity contribution is 6.30. The number of ether oxygens (including phenoxy) is 1. The maximum Gasteiger partial charge on any atom is 0.241 e. The normalized spacial score (nSPS) is 22.9. The fraction of sp³-hybridized carbons (Fsp3) is 0.423. The van der Waals surface area contributed by atoms with Crippen LogP contribution in [0.5, 0.6) is 5.75 Å². The molecule has 1 atom stereocenters. The fourth-order valence-electron chi connectivity index (χ4n) is 5.08. The van der Waals surface area contributed by atoms with Crippen LogP contribution >= 0.6 is 11.6 Å². The van der Waals surface area contributed by atoms with Crippen LogP contribution in [-0.2, 0) is 19.8 Å². The number of amides is 3. The van der Waals surface area contributed by atoms with E-state index in [4.69, 9.17) is 16.3 Å². The van der Waals surface area contributed by atoms with Gasteiger partial charge in [0.15, 0.2) is 0 Å². The third-order valence-electron chi connectivity index (χ3n) is 7.18. The first-order valence-corrected chi connectivity index (χ1v) is 12.1. The van der Waals surface area contributed by atoms with Gasteiger partial charge in [0.2, 0.25) is 17.7 Å². The average Bonchev–Trinajstić information content (AvgIpc) is 3.65. The maximum absolute atomic E-state index is 13.6. The Morgan fingerprint density at radius 3 is 2.24 bits per heavy atom. The standard InChI is InChI=1S/C26H28ClN3O4/c1-34-22-10-2-18(3-11-22)26(17-24(32)30(25(26)33)21-8-9-21)16-23(31)29-14-12-28(13-15-29)20-6-4-19(27)5-7-20/h2-7,10-11,21H,8-9,12-17H2,1H3/t26-/m1/s1. The van der Waals surface area contributed by atoms with Gasteiger partial charge in [0.05, 0.1) is 12.5 Å². The predicted octanol–water partition coefficient (Wildman–Crippen LogP) is 3.25. The highest BCUT2D eigenvalue weighted by Crippen LogP contribution is 2.44. The van der Waals surface area contributed by atoms with Crippen LogP contribution in [0.1, 0.15) is 31.2 Å². The molecule has 0 radical (unpaired) electrons. The van der Waals surface area contributed by atoms with Crippen molar-refractivity contribution < 1.29 is 19.1 Å². The summed E-state index contributed by atoms with van der Waals surface area (Å²) in [6, 6.07) is 14.9. The minimum Gasteiger partial charge on any atom is -0.497 e. The molecule has 3 fully saturated rings. The van der Waals surface area contributed by atoms with E-state index >= 15 is 0 Å². The van der Waals surface area contributed by atoms with Gasteiger partial charge in [-0.1, -0.05) is 23.7 Å². The number of benzene rings is 2. The topological polar surface area (TPSA) is 70.2 Å². The second-order valence-corrected chi connectivity index (χ2v) is 9.74. The van der Waals surface area contributed by atoms with Gasteiger partial charge in [0, 0.05) is 55.8 Å². The highest BCUT2D eigenvalue weighted by atomic mass is 35.5.